The van der Waals surface area contributed by atoms with E-state index in [9.17, 15) is 0 Å². The zero-order valence-corrected chi connectivity index (χ0v) is 16.7. The zero-order valence-electron chi connectivity index (χ0n) is 16.7. The largest absolute Gasteiger partial charge is 0.345 e. The highest BCUT2D eigenvalue weighted by atomic mass is 15.4. The Hall–Kier alpha value is -2.59. The standard InChI is InChI=1S/C24H28N4/c1-3-28-17(2)23(19-11-7-8-12-22(19)28)24-20-16-27(14-13-21(20)25-26-24)15-18-9-5-4-6-10-18/h4-12,20,24,26H,3,13-16H2,1-2H3. The van der Waals surface area contributed by atoms with Gasteiger partial charge in [0, 0.05) is 66.4 Å². The van der Waals surface area contributed by atoms with Crippen molar-refractivity contribution in [3.05, 3.63) is 71.4 Å². The summed E-state index contributed by atoms with van der Waals surface area (Å²) >= 11 is 0. The summed E-state index contributed by atoms with van der Waals surface area (Å²) < 4.78 is 2.44. The monoisotopic (exact) mass is 372 g/mol. The lowest BCUT2D eigenvalue weighted by molar-refractivity contribution is 0.220. The topological polar surface area (TPSA) is 32.6 Å². The first kappa shape index (κ1) is 17.5. The number of piperidine rings is 1. The first-order valence-electron chi connectivity index (χ1n) is 10.4. The summed E-state index contributed by atoms with van der Waals surface area (Å²) in [6.07, 6.45) is 1.06. The number of rotatable bonds is 4. The molecule has 0 saturated carbocycles. The van der Waals surface area contributed by atoms with E-state index in [1.807, 2.05) is 0 Å². The van der Waals surface area contributed by atoms with Gasteiger partial charge in [0.2, 0.25) is 0 Å². The van der Waals surface area contributed by atoms with Crippen LogP contribution in [0.2, 0.25) is 0 Å². The molecule has 2 aromatic carbocycles. The Kier molecular flexibility index (Phi) is 4.44. The summed E-state index contributed by atoms with van der Waals surface area (Å²) in [6.45, 7) is 8.67. The Bertz CT molecular complexity index is 1020. The molecule has 4 heteroatoms. The molecule has 3 heterocycles. The van der Waals surface area contributed by atoms with E-state index in [0.29, 0.717) is 5.92 Å². The number of hydrogen-bond acceptors (Lipinski definition) is 3. The van der Waals surface area contributed by atoms with E-state index in [2.05, 4.69) is 83.3 Å². The van der Waals surface area contributed by atoms with Gasteiger partial charge in [-0.3, -0.25) is 4.90 Å². The second-order valence-corrected chi connectivity index (χ2v) is 8.05. The molecule has 0 bridgehead atoms. The number of hydrazone groups is 1. The van der Waals surface area contributed by atoms with Crippen molar-refractivity contribution in [2.45, 2.75) is 39.4 Å². The van der Waals surface area contributed by atoms with E-state index in [0.717, 1.165) is 32.6 Å². The van der Waals surface area contributed by atoms with Crippen molar-refractivity contribution in [1.82, 2.24) is 14.9 Å². The van der Waals surface area contributed by atoms with E-state index in [1.54, 1.807) is 0 Å². The molecular formula is C24H28N4. The van der Waals surface area contributed by atoms with Crippen LogP contribution >= 0.6 is 0 Å². The third-order valence-electron chi connectivity index (χ3n) is 6.47. The van der Waals surface area contributed by atoms with Crippen LogP contribution in [0.15, 0.2) is 59.7 Å². The van der Waals surface area contributed by atoms with Crippen LogP contribution in [0, 0.1) is 12.8 Å². The first-order valence-corrected chi connectivity index (χ1v) is 10.4. The predicted octanol–water partition coefficient (Wildman–Crippen LogP) is 4.49. The molecule has 2 unspecified atom stereocenters. The lowest BCUT2D eigenvalue weighted by Gasteiger charge is -2.33. The Morgan fingerprint density at radius 1 is 1.07 bits per heavy atom. The third-order valence-corrected chi connectivity index (χ3v) is 6.47. The number of hydrogen-bond donors (Lipinski definition) is 1. The molecule has 0 radical (unpaired) electrons. The average Bonchev–Trinajstić information content (AvgIpc) is 3.26. The summed E-state index contributed by atoms with van der Waals surface area (Å²) in [7, 11) is 0. The van der Waals surface area contributed by atoms with E-state index in [4.69, 9.17) is 5.10 Å². The fraction of sp³-hybridized carbons (Fsp3) is 0.375. The van der Waals surface area contributed by atoms with E-state index >= 15 is 0 Å². The molecule has 2 atom stereocenters. The van der Waals surface area contributed by atoms with Gasteiger partial charge in [-0.25, -0.2) is 0 Å². The Morgan fingerprint density at radius 2 is 1.86 bits per heavy atom. The predicted molar refractivity (Wildman–Crippen MR) is 115 cm³/mol. The highest BCUT2D eigenvalue weighted by Crippen LogP contribution is 2.39. The van der Waals surface area contributed by atoms with Crippen molar-refractivity contribution in [3.8, 4) is 0 Å². The number of aromatic nitrogens is 1. The normalized spacial score (nSPS) is 22.1. The number of nitrogens with one attached hydrogen (secondary N) is 1. The number of fused-ring (bicyclic) bond motifs is 2. The number of nitrogens with zero attached hydrogens (tertiary/aromatic N) is 3. The minimum Gasteiger partial charge on any atom is -0.345 e. The molecule has 1 aromatic heterocycles. The van der Waals surface area contributed by atoms with Gasteiger partial charge in [0.05, 0.1) is 6.04 Å². The van der Waals surface area contributed by atoms with Crippen LogP contribution in [0.3, 0.4) is 0 Å². The minimum absolute atomic E-state index is 0.270. The number of benzene rings is 2. The van der Waals surface area contributed by atoms with Crippen LogP contribution in [0.1, 0.15) is 36.2 Å². The quantitative estimate of drug-likeness (QED) is 0.732. The van der Waals surface area contributed by atoms with Gasteiger partial charge in [-0.05, 0) is 25.5 Å². The van der Waals surface area contributed by atoms with Gasteiger partial charge in [-0.15, -0.1) is 0 Å². The molecular weight excluding hydrogens is 344 g/mol. The molecule has 0 amide bonds. The molecule has 2 aliphatic heterocycles. The highest BCUT2D eigenvalue weighted by molar-refractivity contribution is 5.92. The van der Waals surface area contributed by atoms with Crippen LogP contribution in [0.5, 0.6) is 0 Å². The molecule has 1 saturated heterocycles. The van der Waals surface area contributed by atoms with Crippen LogP contribution in [-0.2, 0) is 13.1 Å². The average molecular weight is 373 g/mol. The first-order chi connectivity index (χ1) is 13.8. The summed E-state index contributed by atoms with van der Waals surface area (Å²) in [6, 6.07) is 19.9. The number of aryl methyl sites for hydroxylation is 1. The third kappa shape index (κ3) is 2.83. The van der Waals surface area contributed by atoms with Crippen LogP contribution in [0.4, 0.5) is 0 Å². The maximum Gasteiger partial charge on any atom is 0.0806 e. The number of para-hydroxylation sites is 1. The maximum absolute atomic E-state index is 4.77. The molecule has 4 nitrogen and oxygen atoms in total. The zero-order chi connectivity index (χ0) is 19.1. The highest BCUT2D eigenvalue weighted by Gasteiger charge is 2.39. The lowest BCUT2D eigenvalue weighted by Crippen LogP contribution is -2.41. The Balaban J connectivity index is 1.46. The number of likely N-dealkylation sites (tertiary alicyclic amines) is 1. The van der Waals surface area contributed by atoms with E-state index in [-0.39, 0.29) is 6.04 Å². The minimum atomic E-state index is 0.270. The van der Waals surface area contributed by atoms with Crippen molar-refractivity contribution in [2.75, 3.05) is 13.1 Å². The van der Waals surface area contributed by atoms with Gasteiger partial charge < -0.3 is 9.99 Å². The second kappa shape index (κ2) is 7.10. The SMILES string of the molecule is CCn1c(C)c(C2NN=C3CCN(Cc4ccccc4)CC32)c2ccccc21. The van der Waals surface area contributed by atoms with Crippen molar-refractivity contribution >= 4 is 16.6 Å². The Labute approximate surface area is 166 Å². The molecule has 0 spiro atoms. The Morgan fingerprint density at radius 3 is 2.68 bits per heavy atom. The van der Waals surface area contributed by atoms with Crippen molar-refractivity contribution in [1.29, 1.82) is 0 Å². The molecule has 1 N–H and O–H groups in total. The van der Waals surface area contributed by atoms with Crippen LogP contribution < -0.4 is 5.43 Å². The van der Waals surface area contributed by atoms with Crippen molar-refractivity contribution < 1.29 is 0 Å². The van der Waals surface area contributed by atoms with Crippen molar-refractivity contribution in [2.24, 2.45) is 11.0 Å². The summed E-state index contributed by atoms with van der Waals surface area (Å²) in [5.74, 6) is 0.451. The summed E-state index contributed by atoms with van der Waals surface area (Å²) in [5.41, 5.74) is 10.4. The maximum atomic E-state index is 4.77. The van der Waals surface area contributed by atoms with Crippen LogP contribution in [0.25, 0.3) is 10.9 Å². The van der Waals surface area contributed by atoms with Gasteiger partial charge in [-0.2, -0.15) is 5.10 Å². The van der Waals surface area contributed by atoms with Gasteiger partial charge >= 0.3 is 0 Å². The molecule has 1 fully saturated rings. The van der Waals surface area contributed by atoms with Gasteiger partial charge in [0.25, 0.3) is 0 Å². The van der Waals surface area contributed by atoms with Crippen molar-refractivity contribution in [3.63, 3.8) is 0 Å². The van der Waals surface area contributed by atoms with Crippen LogP contribution in [-0.4, -0.2) is 28.3 Å². The molecule has 5 rings (SSSR count). The van der Waals surface area contributed by atoms with E-state index in [1.165, 1.54) is 33.4 Å². The smallest absolute Gasteiger partial charge is 0.0806 e. The second-order valence-electron chi connectivity index (χ2n) is 8.05. The molecule has 28 heavy (non-hydrogen) atoms. The lowest BCUT2D eigenvalue weighted by atomic mass is 9.85. The molecule has 0 aliphatic carbocycles. The summed E-state index contributed by atoms with van der Waals surface area (Å²) in [4.78, 5) is 2.59. The fourth-order valence-electron chi connectivity index (χ4n) is 5.12. The molecule has 144 valence electrons. The fourth-order valence-corrected chi connectivity index (χ4v) is 5.12. The van der Waals surface area contributed by atoms with Gasteiger partial charge in [-0.1, -0.05) is 48.5 Å². The molecule has 2 aliphatic rings. The van der Waals surface area contributed by atoms with Gasteiger partial charge in [0.15, 0.2) is 0 Å². The van der Waals surface area contributed by atoms with E-state index < -0.39 is 0 Å². The van der Waals surface area contributed by atoms with Gasteiger partial charge in [0.1, 0.15) is 0 Å². The summed E-state index contributed by atoms with van der Waals surface area (Å²) in [5, 5.41) is 6.14. The molecule has 3 aromatic rings.